The number of amides is 2. The summed E-state index contributed by atoms with van der Waals surface area (Å²) in [6, 6.07) is 1.84. The molecule has 0 aliphatic carbocycles. The Morgan fingerprint density at radius 2 is 1.18 bits per heavy atom. The van der Waals surface area contributed by atoms with Crippen molar-refractivity contribution in [2.45, 2.75) is 98.6 Å². The van der Waals surface area contributed by atoms with Crippen molar-refractivity contribution in [2.24, 2.45) is 23.3 Å². The van der Waals surface area contributed by atoms with Gasteiger partial charge in [0.15, 0.2) is 11.5 Å². The molecule has 3 rings (SSSR count). The average Bonchev–Trinajstić information content (AvgIpc) is 3.61. The van der Waals surface area contributed by atoms with Crippen molar-refractivity contribution in [1.29, 1.82) is 5.26 Å². The standard InChI is InChI=1S/C30H34N4O6S4/c1-6-10-12-15(8-3)27(37)39-19-21-22(42-29(41-21)17(14-31)25(32)35)20(40-28(38)16(9-4)13-11-7-2)24-23(19)43-30(44-24)18(34-5)26(33)36/h15-16H,6-13H2,1-4H3,(H2,32,35)(H2,33,36). The van der Waals surface area contributed by atoms with Crippen molar-refractivity contribution in [2.75, 3.05) is 0 Å². The minimum atomic E-state index is -0.923. The highest BCUT2D eigenvalue weighted by Crippen LogP contribution is 2.68. The third-order valence-corrected chi connectivity index (χ3v) is 12.2. The molecule has 44 heavy (non-hydrogen) atoms. The lowest BCUT2D eigenvalue weighted by Gasteiger charge is -2.20. The van der Waals surface area contributed by atoms with Gasteiger partial charge < -0.3 is 20.9 Å². The van der Waals surface area contributed by atoms with E-state index < -0.39 is 23.8 Å². The summed E-state index contributed by atoms with van der Waals surface area (Å²) < 4.78 is 12.7. The summed E-state index contributed by atoms with van der Waals surface area (Å²) in [7, 11) is 0. The Balaban J connectivity index is 2.29. The lowest BCUT2D eigenvalue weighted by atomic mass is 10.00. The number of nitrogens with two attached hydrogens (primary N) is 2. The third-order valence-electron chi connectivity index (χ3n) is 6.99. The van der Waals surface area contributed by atoms with Gasteiger partial charge in [-0.1, -0.05) is 100 Å². The number of ether oxygens (including phenoxy) is 2. The first-order valence-corrected chi connectivity index (χ1v) is 17.6. The predicted octanol–water partition coefficient (Wildman–Crippen LogP) is 7.12. The van der Waals surface area contributed by atoms with Crippen LogP contribution in [0.5, 0.6) is 11.5 Å². The van der Waals surface area contributed by atoms with Gasteiger partial charge in [-0.3, -0.25) is 19.2 Å². The smallest absolute Gasteiger partial charge is 0.314 e. The van der Waals surface area contributed by atoms with E-state index in [1.807, 2.05) is 33.8 Å². The van der Waals surface area contributed by atoms with Crippen LogP contribution >= 0.6 is 47.0 Å². The van der Waals surface area contributed by atoms with E-state index in [9.17, 15) is 24.4 Å². The molecule has 10 nitrogen and oxygen atoms in total. The molecular weight excluding hydrogens is 641 g/mol. The summed E-state index contributed by atoms with van der Waals surface area (Å²) in [4.78, 5) is 56.1. The molecule has 0 aromatic heterocycles. The monoisotopic (exact) mass is 674 g/mol. The lowest BCUT2D eigenvalue weighted by molar-refractivity contribution is -0.141. The minimum absolute atomic E-state index is 0.142. The highest BCUT2D eigenvalue weighted by molar-refractivity contribution is 8.26. The first-order valence-electron chi connectivity index (χ1n) is 14.3. The van der Waals surface area contributed by atoms with E-state index in [1.165, 1.54) is 0 Å². The Morgan fingerprint density at radius 1 is 0.773 bits per heavy atom. The first kappa shape index (κ1) is 35.4. The van der Waals surface area contributed by atoms with Crippen LogP contribution in [-0.2, 0) is 19.2 Å². The fourth-order valence-electron chi connectivity index (χ4n) is 4.43. The summed E-state index contributed by atoms with van der Waals surface area (Å²) in [5.74, 6) is -3.23. The molecule has 2 aliphatic heterocycles. The van der Waals surface area contributed by atoms with E-state index in [1.54, 1.807) is 0 Å². The molecule has 2 atom stereocenters. The van der Waals surface area contributed by atoms with Crippen LogP contribution in [-0.4, -0.2) is 23.8 Å². The van der Waals surface area contributed by atoms with Gasteiger partial charge in [-0.05, 0) is 25.7 Å². The van der Waals surface area contributed by atoms with Crippen LogP contribution in [0.4, 0.5) is 0 Å². The summed E-state index contributed by atoms with van der Waals surface area (Å²) in [5.41, 5.74) is 10.4. The molecule has 4 N–H and O–H groups in total. The van der Waals surface area contributed by atoms with Gasteiger partial charge in [0.2, 0.25) is 5.91 Å². The minimum Gasteiger partial charge on any atom is -0.424 e. The maximum absolute atomic E-state index is 13.5. The van der Waals surface area contributed by atoms with Crippen LogP contribution in [0.1, 0.15) is 79.1 Å². The molecule has 2 heterocycles. The molecular formula is C30H34N4O6S4. The number of hydrogen-bond donors (Lipinski definition) is 2. The number of unbranched alkanes of at least 4 members (excludes halogenated alkanes) is 2. The van der Waals surface area contributed by atoms with Crippen molar-refractivity contribution in [3.8, 4) is 17.6 Å². The van der Waals surface area contributed by atoms with Gasteiger partial charge >= 0.3 is 11.9 Å². The Labute approximate surface area is 274 Å². The fourth-order valence-corrected chi connectivity index (χ4v) is 9.81. The van der Waals surface area contributed by atoms with Crippen molar-refractivity contribution >= 4 is 70.8 Å². The highest BCUT2D eigenvalue weighted by Gasteiger charge is 2.41. The topological polar surface area (TPSA) is 167 Å². The summed E-state index contributed by atoms with van der Waals surface area (Å²) in [6.45, 7) is 15.4. The van der Waals surface area contributed by atoms with Gasteiger partial charge in [-0.2, -0.15) is 5.26 Å². The van der Waals surface area contributed by atoms with Gasteiger partial charge in [0, 0.05) is 0 Å². The number of esters is 2. The molecule has 0 saturated carbocycles. The average molecular weight is 675 g/mol. The third kappa shape index (κ3) is 7.78. The zero-order valence-electron chi connectivity index (χ0n) is 24.9. The molecule has 2 unspecified atom stereocenters. The number of fused-ring (bicyclic) bond motifs is 2. The molecule has 0 saturated heterocycles. The summed E-state index contributed by atoms with van der Waals surface area (Å²) in [6.07, 6.45) is 5.85. The Morgan fingerprint density at radius 3 is 1.48 bits per heavy atom. The maximum atomic E-state index is 13.5. The van der Waals surface area contributed by atoms with Crippen LogP contribution < -0.4 is 20.9 Å². The first-order chi connectivity index (χ1) is 21.1. The predicted molar refractivity (Wildman–Crippen MR) is 172 cm³/mol. The second kappa shape index (κ2) is 16.3. The number of carbonyl (C=O) groups is 4. The molecule has 0 spiro atoms. The largest absolute Gasteiger partial charge is 0.424 e. The number of carbonyl (C=O) groups excluding carboxylic acids is 4. The number of thioether (sulfide) groups is 4. The maximum Gasteiger partial charge on any atom is 0.314 e. The van der Waals surface area contributed by atoms with Crippen molar-refractivity contribution in [3.63, 3.8) is 0 Å². The van der Waals surface area contributed by atoms with Gasteiger partial charge in [-0.15, -0.1) is 0 Å². The number of rotatable bonds is 14. The van der Waals surface area contributed by atoms with Gasteiger partial charge in [0.1, 0.15) is 11.6 Å². The van der Waals surface area contributed by atoms with Gasteiger partial charge in [0.25, 0.3) is 11.6 Å². The van der Waals surface area contributed by atoms with E-state index in [4.69, 9.17) is 27.5 Å². The van der Waals surface area contributed by atoms with Crippen LogP contribution in [0.15, 0.2) is 39.3 Å². The van der Waals surface area contributed by atoms with Crippen LogP contribution in [0, 0.1) is 29.7 Å². The zero-order chi connectivity index (χ0) is 32.6. The van der Waals surface area contributed by atoms with Crippen LogP contribution in [0.3, 0.4) is 0 Å². The fraction of sp³-hybridized carbons (Fsp3) is 0.467. The second-order valence-corrected chi connectivity index (χ2v) is 14.6. The molecule has 234 valence electrons. The van der Waals surface area contributed by atoms with E-state index in [0.717, 1.165) is 72.7 Å². The second-order valence-electron chi connectivity index (χ2n) is 9.97. The SMILES string of the molecule is [C-]#[N+]C(C(N)=O)=C1Sc2c(OC(=O)C(CC)CCCC)c3c(c(OC(=O)C(CC)CCCC)c2S1)SC(=C(C#N)C(N)=O)S3. The molecule has 14 heteroatoms. The number of nitriles is 1. The Bertz CT molecular complexity index is 1360. The molecule has 1 aromatic rings. The van der Waals surface area contributed by atoms with Crippen LogP contribution in [0.25, 0.3) is 4.85 Å². The number of benzene rings is 1. The highest BCUT2D eigenvalue weighted by atomic mass is 32.2. The number of hydrogen-bond acceptors (Lipinski definition) is 11. The number of nitrogens with zero attached hydrogens (tertiary/aromatic N) is 2. The molecule has 0 bridgehead atoms. The van der Waals surface area contributed by atoms with E-state index >= 15 is 0 Å². The molecule has 0 radical (unpaired) electrons. The Kier molecular flexibility index (Phi) is 13.1. The van der Waals surface area contributed by atoms with Gasteiger partial charge in [0.05, 0.1) is 46.5 Å². The van der Waals surface area contributed by atoms with Crippen LogP contribution in [0.2, 0.25) is 0 Å². The van der Waals surface area contributed by atoms with E-state index in [2.05, 4.69) is 4.85 Å². The summed E-state index contributed by atoms with van der Waals surface area (Å²) in [5, 5.41) is 9.69. The molecule has 1 aromatic carbocycles. The molecule has 2 amide bonds. The molecule has 2 aliphatic rings. The Hall–Kier alpha value is -3.04. The van der Waals surface area contributed by atoms with Gasteiger partial charge in [-0.25, -0.2) is 4.85 Å². The normalized spacial score (nSPS) is 14.5. The van der Waals surface area contributed by atoms with Crippen molar-refractivity contribution in [3.05, 3.63) is 31.2 Å². The van der Waals surface area contributed by atoms with Crippen molar-refractivity contribution in [1.82, 2.24) is 0 Å². The summed E-state index contributed by atoms with van der Waals surface area (Å²) >= 11 is 4.09. The lowest BCUT2D eigenvalue weighted by Crippen LogP contribution is -2.22. The quantitative estimate of drug-likeness (QED) is 0.0678. The number of primary amides is 2. The van der Waals surface area contributed by atoms with Crippen molar-refractivity contribution < 1.29 is 28.7 Å². The molecule has 0 fully saturated rings. The van der Waals surface area contributed by atoms with E-state index in [0.29, 0.717) is 45.3 Å². The zero-order valence-corrected chi connectivity index (χ0v) is 28.2. The van der Waals surface area contributed by atoms with E-state index in [-0.39, 0.29) is 43.1 Å².